The van der Waals surface area contributed by atoms with E-state index in [-0.39, 0.29) is 6.10 Å². The van der Waals surface area contributed by atoms with E-state index in [9.17, 15) is 10.2 Å². The smallest absolute Gasteiger partial charge is 0.184 e. The lowest BCUT2D eigenvalue weighted by Gasteiger charge is -2.45. The van der Waals surface area contributed by atoms with Gasteiger partial charge in [0.1, 0.15) is 24.4 Å². The van der Waals surface area contributed by atoms with Gasteiger partial charge >= 0.3 is 0 Å². The number of aliphatic hydroxyl groups is 2. The van der Waals surface area contributed by atoms with Crippen molar-refractivity contribution in [3.63, 3.8) is 0 Å². The van der Waals surface area contributed by atoms with Crippen molar-refractivity contribution in [2.24, 2.45) is 0 Å². The first-order valence-electron chi connectivity index (χ1n) is 6.50. The highest BCUT2D eigenvalue weighted by Gasteiger charge is 2.47. The van der Waals surface area contributed by atoms with E-state index in [1.54, 1.807) is 6.92 Å². The molecule has 19 heavy (non-hydrogen) atoms. The van der Waals surface area contributed by atoms with Crippen LogP contribution in [0.15, 0.2) is 30.3 Å². The summed E-state index contributed by atoms with van der Waals surface area (Å²) in [4.78, 5) is 0. The van der Waals surface area contributed by atoms with Gasteiger partial charge < -0.3 is 24.4 Å². The molecule has 0 radical (unpaired) electrons. The van der Waals surface area contributed by atoms with Gasteiger partial charge in [-0.25, -0.2) is 0 Å². The number of hydrogen-bond donors (Lipinski definition) is 2. The molecular formula is C14H18O5. The molecule has 6 atom stereocenters. The number of benzene rings is 1. The molecule has 0 aromatic heterocycles. The highest BCUT2D eigenvalue weighted by atomic mass is 16.7. The van der Waals surface area contributed by atoms with Crippen molar-refractivity contribution in [2.75, 3.05) is 6.61 Å². The number of hydrogen-bond acceptors (Lipinski definition) is 5. The average molecular weight is 266 g/mol. The molecule has 2 heterocycles. The lowest BCUT2D eigenvalue weighted by Crippen LogP contribution is -2.60. The fourth-order valence-corrected chi connectivity index (χ4v) is 2.58. The molecule has 0 spiro atoms. The second-order valence-corrected chi connectivity index (χ2v) is 5.04. The van der Waals surface area contributed by atoms with Crippen LogP contribution < -0.4 is 0 Å². The van der Waals surface area contributed by atoms with E-state index in [2.05, 4.69) is 0 Å². The molecule has 104 valence electrons. The first-order chi connectivity index (χ1) is 9.16. The van der Waals surface area contributed by atoms with Gasteiger partial charge in [-0.15, -0.1) is 0 Å². The maximum atomic E-state index is 10.1. The van der Waals surface area contributed by atoms with Gasteiger partial charge in [-0.1, -0.05) is 30.3 Å². The number of aliphatic hydroxyl groups excluding tert-OH is 2. The molecule has 2 N–H and O–H groups in total. The molecule has 2 fully saturated rings. The molecule has 3 unspecified atom stereocenters. The zero-order chi connectivity index (χ0) is 13.4. The van der Waals surface area contributed by atoms with E-state index in [0.29, 0.717) is 6.61 Å². The molecule has 0 bridgehead atoms. The van der Waals surface area contributed by atoms with E-state index in [1.165, 1.54) is 0 Å². The molecule has 1 aromatic rings. The summed E-state index contributed by atoms with van der Waals surface area (Å²) in [5.74, 6) is 0. The third-order valence-corrected chi connectivity index (χ3v) is 3.69. The van der Waals surface area contributed by atoms with Crippen molar-refractivity contribution >= 4 is 0 Å². The standard InChI is InChI=1S/C14H18O5/c1-8-11(15)12(16)13-10(18-8)7-17-14(19-13)9-5-3-2-4-6-9/h2-6,8,10-16H,7H2,1H3/t8-,10?,11?,12-,13-,14?/m1/s1. The quantitative estimate of drug-likeness (QED) is 0.779. The highest BCUT2D eigenvalue weighted by Crippen LogP contribution is 2.33. The van der Waals surface area contributed by atoms with Crippen LogP contribution >= 0.6 is 0 Å². The second-order valence-electron chi connectivity index (χ2n) is 5.04. The summed E-state index contributed by atoms with van der Waals surface area (Å²) in [6.07, 6.45) is -3.74. The lowest BCUT2D eigenvalue weighted by molar-refractivity contribution is -0.326. The topological polar surface area (TPSA) is 68.2 Å². The SMILES string of the molecule is C[C@H]1OC2COC(c3ccccc3)O[C@H]2[C@H](O)C1O. The predicted octanol–water partition coefficient (Wildman–Crippen LogP) is 0.610. The fourth-order valence-electron chi connectivity index (χ4n) is 2.58. The third kappa shape index (κ3) is 2.40. The summed E-state index contributed by atoms with van der Waals surface area (Å²) in [5, 5.41) is 19.9. The Labute approximate surface area is 111 Å². The minimum Gasteiger partial charge on any atom is -0.388 e. The Balaban J connectivity index is 1.75. The molecule has 2 aliphatic heterocycles. The molecule has 0 aliphatic carbocycles. The summed E-state index contributed by atoms with van der Waals surface area (Å²) in [6.45, 7) is 2.08. The Morgan fingerprint density at radius 3 is 2.53 bits per heavy atom. The van der Waals surface area contributed by atoms with Gasteiger partial charge in [0.15, 0.2) is 6.29 Å². The summed E-state index contributed by atoms with van der Waals surface area (Å²) >= 11 is 0. The molecule has 2 saturated heterocycles. The molecule has 3 rings (SSSR count). The third-order valence-electron chi connectivity index (χ3n) is 3.69. The van der Waals surface area contributed by atoms with E-state index >= 15 is 0 Å². The van der Waals surface area contributed by atoms with Gasteiger partial charge in [-0.2, -0.15) is 0 Å². The maximum absolute atomic E-state index is 10.1. The van der Waals surface area contributed by atoms with Crippen molar-refractivity contribution in [1.29, 1.82) is 0 Å². The van der Waals surface area contributed by atoms with E-state index < -0.39 is 30.7 Å². The Kier molecular flexibility index (Phi) is 3.56. The summed E-state index contributed by atoms with van der Waals surface area (Å²) in [7, 11) is 0. The van der Waals surface area contributed by atoms with Crippen molar-refractivity contribution in [2.45, 2.75) is 43.7 Å². The molecule has 5 nitrogen and oxygen atoms in total. The minimum absolute atomic E-state index is 0.339. The number of rotatable bonds is 1. The highest BCUT2D eigenvalue weighted by molar-refractivity contribution is 5.16. The van der Waals surface area contributed by atoms with E-state index in [1.807, 2.05) is 30.3 Å². The summed E-state index contributed by atoms with van der Waals surface area (Å²) in [5.41, 5.74) is 0.890. The van der Waals surface area contributed by atoms with Gasteiger partial charge in [-0.05, 0) is 6.92 Å². The van der Waals surface area contributed by atoms with Crippen LogP contribution in [0.2, 0.25) is 0 Å². The lowest BCUT2D eigenvalue weighted by atomic mass is 9.95. The van der Waals surface area contributed by atoms with Crippen molar-refractivity contribution in [1.82, 2.24) is 0 Å². The van der Waals surface area contributed by atoms with E-state index in [4.69, 9.17) is 14.2 Å². The van der Waals surface area contributed by atoms with E-state index in [0.717, 1.165) is 5.56 Å². The van der Waals surface area contributed by atoms with Gasteiger partial charge in [-0.3, -0.25) is 0 Å². The Morgan fingerprint density at radius 2 is 1.79 bits per heavy atom. The van der Waals surface area contributed by atoms with Crippen LogP contribution in [0, 0.1) is 0 Å². The Bertz CT molecular complexity index is 421. The molecule has 2 aliphatic rings. The van der Waals surface area contributed by atoms with Gasteiger partial charge in [0.05, 0.1) is 12.7 Å². The second kappa shape index (κ2) is 5.19. The molecule has 1 aromatic carbocycles. The van der Waals surface area contributed by atoms with Crippen molar-refractivity contribution in [3.05, 3.63) is 35.9 Å². The molecule has 0 saturated carbocycles. The summed E-state index contributed by atoms with van der Waals surface area (Å²) in [6, 6.07) is 9.52. The molecular weight excluding hydrogens is 248 g/mol. The van der Waals surface area contributed by atoms with Crippen molar-refractivity contribution < 1.29 is 24.4 Å². The normalized spacial score (nSPS) is 42.7. The largest absolute Gasteiger partial charge is 0.388 e. The number of ether oxygens (including phenoxy) is 3. The van der Waals surface area contributed by atoms with Crippen LogP contribution in [0.1, 0.15) is 18.8 Å². The van der Waals surface area contributed by atoms with Gasteiger partial charge in [0, 0.05) is 5.56 Å². The Morgan fingerprint density at radius 1 is 1.05 bits per heavy atom. The van der Waals surface area contributed by atoms with Crippen LogP contribution in [0.5, 0.6) is 0 Å². The van der Waals surface area contributed by atoms with Crippen LogP contribution in [-0.2, 0) is 14.2 Å². The zero-order valence-corrected chi connectivity index (χ0v) is 10.7. The van der Waals surface area contributed by atoms with Crippen LogP contribution in [0.3, 0.4) is 0 Å². The van der Waals surface area contributed by atoms with Gasteiger partial charge in [0.2, 0.25) is 0 Å². The monoisotopic (exact) mass is 266 g/mol. The van der Waals surface area contributed by atoms with Crippen LogP contribution in [0.4, 0.5) is 0 Å². The van der Waals surface area contributed by atoms with Crippen molar-refractivity contribution in [3.8, 4) is 0 Å². The van der Waals surface area contributed by atoms with Crippen LogP contribution in [-0.4, -0.2) is 47.3 Å². The first kappa shape index (κ1) is 13.0. The zero-order valence-electron chi connectivity index (χ0n) is 10.7. The molecule has 0 amide bonds. The van der Waals surface area contributed by atoms with Crippen LogP contribution in [0.25, 0.3) is 0 Å². The summed E-state index contributed by atoms with van der Waals surface area (Å²) < 4.78 is 17.0. The Hall–Kier alpha value is -0.980. The predicted molar refractivity (Wildman–Crippen MR) is 66.4 cm³/mol. The first-order valence-corrected chi connectivity index (χ1v) is 6.50. The molecule has 5 heteroatoms. The minimum atomic E-state index is -0.955. The average Bonchev–Trinajstić information content (AvgIpc) is 2.46. The fraction of sp³-hybridized carbons (Fsp3) is 0.571. The van der Waals surface area contributed by atoms with Gasteiger partial charge in [0.25, 0.3) is 0 Å². The number of fused-ring (bicyclic) bond motifs is 1. The maximum Gasteiger partial charge on any atom is 0.184 e.